The van der Waals surface area contributed by atoms with Crippen LogP contribution in [0.25, 0.3) is 0 Å². The normalized spacial score (nSPS) is 9.42. The molecule has 1 rings (SSSR count). The van der Waals surface area contributed by atoms with E-state index in [1.165, 1.54) is 25.1 Å². The summed E-state index contributed by atoms with van der Waals surface area (Å²) in [6.07, 6.45) is -1.92. The van der Waals surface area contributed by atoms with Crippen LogP contribution in [-0.2, 0) is 9.47 Å². The van der Waals surface area contributed by atoms with Crippen LogP contribution in [-0.4, -0.2) is 32.3 Å². The average Bonchev–Trinajstić information content (AvgIpc) is 2.38. The van der Waals surface area contributed by atoms with Crippen molar-refractivity contribution in [1.82, 2.24) is 0 Å². The van der Waals surface area contributed by atoms with Crippen LogP contribution >= 0.6 is 0 Å². The highest BCUT2D eigenvalue weighted by Crippen LogP contribution is 2.26. The van der Waals surface area contributed by atoms with Crippen LogP contribution in [0.5, 0.6) is 11.5 Å². The number of benzene rings is 1. The van der Waals surface area contributed by atoms with Gasteiger partial charge in [0, 0.05) is 6.07 Å². The summed E-state index contributed by atoms with van der Waals surface area (Å²) in [7, 11) is 2.28. The second-order valence-electron chi connectivity index (χ2n) is 3.33. The highest BCUT2D eigenvalue weighted by molar-refractivity contribution is 5.97. The predicted molar refractivity (Wildman–Crippen MR) is 62.5 cm³/mol. The van der Waals surface area contributed by atoms with Gasteiger partial charge in [0.1, 0.15) is 11.5 Å². The molecule has 0 fully saturated rings. The molecule has 0 spiro atoms. The van der Waals surface area contributed by atoms with E-state index in [0.29, 0.717) is 0 Å². The first-order chi connectivity index (χ1) is 8.97. The van der Waals surface area contributed by atoms with E-state index in [9.17, 15) is 14.4 Å². The summed E-state index contributed by atoms with van der Waals surface area (Å²) in [5.74, 6) is -0.319. The zero-order chi connectivity index (χ0) is 14.4. The van der Waals surface area contributed by atoms with Crippen molar-refractivity contribution in [2.45, 2.75) is 6.92 Å². The smallest absolute Gasteiger partial charge is 0.437 e. The number of carbonyl (C=O) groups is 3. The number of Topliss-reactive ketones (excluding diaryl/α,β-unsaturated/α-hetero) is 1. The molecular formula is C12H12O7. The first-order valence-corrected chi connectivity index (χ1v) is 5.14. The van der Waals surface area contributed by atoms with Gasteiger partial charge in [0.05, 0.1) is 19.8 Å². The molecule has 0 aliphatic heterocycles. The van der Waals surface area contributed by atoms with Crippen molar-refractivity contribution in [1.29, 1.82) is 0 Å². The van der Waals surface area contributed by atoms with Gasteiger partial charge in [0.2, 0.25) is 0 Å². The minimum atomic E-state index is -0.988. The quantitative estimate of drug-likeness (QED) is 0.471. The monoisotopic (exact) mass is 268 g/mol. The lowest BCUT2D eigenvalue weighted by atomic mass is 10.1. The number of rotatable bonds is 3. The Balaban J connectivity index is 3.07. The van der Waals surface area contributed by atoms with Crippen molar-refractivity contribution in [2.75, 3.05) is 14.2 Å². The Labute approximate surface area is 109 Å². The van der Waals surface area contributed by atoms with E-state index >= 15 is 0 Å². The van der Waals surface area contributed by atoms with Gasteiger partial charge in [-0.05, 0) is 19.1 Å². The summed E-state index contributed by atoms with van der Waals surface area (Å²) in [6, 6.07) is 3.95. The van der Waals surface area contributed by atoms with Crippen molar-refractivity contribution in [3.05, 3.63) is 23.8 Å². The summed E-state index contributed by atoms with van der Waals surface area (Å²) < 4.78 is 18.2. The molecule has 0 unspecified atom stereocenters. The van der Waals surface area contributed by atoms with E-state index in [0.717, 1.165) is 14.2 Å². The lowest BCUT2D eigenvalue weighted by molar-refractivity contribution is 0.101. The largest absolute Gasteiger partial charge is 0.513 e. The van der Waals surface area contributed by atoms with Crippen molar-refractivity contribution in [3.8, 4) is 11.5 Å². The zero-order valence-corrected chi connectivity index (χ0v) is 10.6. The zero-order valence-electron chi connectivity index (χ0n) is 10.6. The first-order valence-electron chi connectivity index (χ1n) is 5.14. The Morgan fingerprint density at radius 1 is 0.947 bits per heavy atom. The molecule has 0 heterocycles. The molecule has 102 valence electrons. The number of ether oxygens (including phenoxy) is 4. The minimum absolute atomic E-state index is 0.0655. The van der Waals surface area contributed by atoms with Gasteiger partial charge in [-0.25, -0.2) is 9.59 Å². The third-order valence-corrected chi connectivity index (χ3v) is 2.06. The number of hydrogen-bond donors (Lipinski definition) is 0. The van der Waals surface area contributed by atoms with Gasteiger partial charge in [-0.2, -0.15) is 0 Å². The standard InChI is InChI=1S/C12H12O7/c1-7(13)9-5-4-8(18-11(14)16-2)6-10(9)19-12(15)17-3/h4-6H,1-3H3. The van der Waals surface area contributed by atoms with Crippen LogP contribution in [0, 0.1) is 0 Å². The summed E-state index contributed by atoms with van der Waals surface area (Å²) in [4.78, 5) is 33.4. The molecule has 0 saturated carbocycles. The molecular weight excluding hydrogens is 256 g/mol. The van der Waals surface area contributed by atoms with E-state index in [1.807, 2.05) is 0 Å². The third-order valence-electron chi connectivity index (χ3n) is 2.06. The van der Waals surface area contributed by atoms with Gasteiger partial charge >= 0.3 is 12.3 Å². The minimum Gasteiger partial charge on any atom is -0.437 e. The Morgan fingerprint density at radius 3 is 2.05 bits per heavy atom. The molecule has 0 aromatic heterocycles. The van der Waals surface area contributed by atoms with Crippen molar-refractivity contribution < 1.29 is 33.3 Å². The molecule has 0 aliphatic carbocycles. The molecule has 1 aromatic rings. The third kappa shape index (κ3) is 3.98. The van der Waals surface area contributed by atoms with E-state index in [2.05, 4.69) is 9.47 Å². The molecule has 0 saturated heterocycles. The highest BCUT2D eigenvalue weighted by atomic mass is 16.7. The van der Waals surface area contributed by atoms with Crippen LogP contribution in [0.3, 0.4) is 0 Å². The molecule has 0 N–H and O–H groups in total. The van der Waals surface area contributed by atoms with Crippen molar-refractivity contribution in [2.24, 2.45) is 0 Å². The predicted octanol–water partition coefficient (Wildman–Crippen LogP) is 2.18. The number of methoxy groups -OCH3 is 2. The Kier molecular flexibility index (Phi) is 4.87. The molecule has 0 bridgehead atoms. The first kappa shape index (κ1) is 14.5. The maximum absolute atomic E-state index is 11.4. The summed E-state index contributed by atoms with van der Waals surface area (Å²) in [5.41, 5.74) is 0.155. The lowest BCUT2D eigenvalue weighted by Crippen LogP contribution is -2.11. The van der Waals surface area contributed by atoms with Crippen LogP contribution < -0.4 is 9.47 Å². The fraction of sp³-hybridized carbons (Fsp3) is 0.250. The second-order valence-corrected chi connectivity index (χ2v) is 3.33. The van der Waals surface area contributed by atoms with Crippen molar-refractivity contribution >= 4 is 18.1 Å². The number of ketones is 1. The molecule has 7 heteroatoms. The van der Waals surface area contributed by atoms with Gasteiger partial charge in [-0.3, -0.25) is 4.79 Å². The van der Waals surface area contributed by atoms with Gasteiger partial charge in [0.25, 0.3) is 0 Å². The van der Waals surface area contributed by atoms with E-state index in [1.54, 1.807) is 0 Å². The van der Waals surface area contributed by atoms with Gasteiger partial charge in [-0.1, -0.05) is 0 Å². The van der Waals surface area contributed by atoms with Gasteiger partial charge in [-0.15, -0.1) is 0 Å². The van der Waals surface area contributed by atoms with Crippen molar-refractivity contribution in [3.63, 3.8) is 0 Å². The van der Waals surface area contributed by atoms with Gasteiger partial charge < -0.3 is 18.9 Å². The fourth-order valence-corrected chi connectivity index (χ4v) is 1.21. The summed E-state index contributed by atoms with van der Waals surface area (Å²) in [6.45, 7) is 1.31. The molecule has 1 aromatic carbocycles. The van der Waals surface area contributed by atoms with Gasteiger partial charge in [0.15, 0.2) is 5.78 Å². The summed E-state index contributed by atoms with van der Waals surface area (Å²) in [5, 5.41) is 0. The SMILES string of the molecule is COC(=O)Oc1ccc(C(C)=O)c(OC(=O)OC)c1. The Morgan fingerprint density at radius 2 is 1.53 bits per heavy atom. The van der Waals surface area contributed by atoms with Crippen LogP contribution in [0.1, 0.15) is 17.3 Å². The molecule has 0 atom stereocenters. The van der Waals surface area contributed by atoms with E-state index in [4.69, 9.17) is 9.47 Å². The summed E-state index contributed by atoms with van der Waals surface area (Å²) >= 11 is 0. The molecule has 19 heavy (non-hydrogen) atoms. The maximum Gasteiger partial charge on any atom is 0.513 e. The van der Waals surface area contributed by atoms with E-state index < -0.39 is 12.3 Å². The second kappa shape index (κ2) is 6.39. The fourth-order valence-electron chi connectivity index (χ4n) is 1.21. The number of hydrogen-bond acceptors (Lipinski definition) is 7. The molecule has 0 aliphatic rings. The molecule has 0 amide bonds. The highest BCUT2D eigenvalue weighted by Gasteiger charge is 2.15. The topological polar surface area (TPSA) is 88.1 Å². The van der Waals surface area contributed by atoms with E-state index in [-0.39, 0.29) is 22.8 Å². The van der Waals surface area contributed by atoms with Crippen LogP contribution in [0.15, 0.2) is 18.2 Å². The lowest BCUT2D eigenvalue weighted by Gasteiger charge is -2.09. The maximum atomic E-state index is 11.4. The number of carbonyl (C=O) groups excluding carboxylic acids is 3. The van der Waals surface area contributed by atoms with Crippen LogP contribution in [0.2, 0.25) is 0 Å². The Bertz CT molecular complexity index is 507. The average molecular weight is 268 g/mol. The van der Waals surface area contributed by atoms with Crippen LogP contribution in [0.4, 0.5) is 9.59 Å². The Hall–Kier alpha value is -2.57. The molecule has 7 nitrogen and oxygen atoms in total. The molecule has 0 radical (unpaired) electrons.